The average molecular weight is 291 g/mol. The smallest absolute Gasteiger partial charge is 0.337 e. The number of carbonyl (C=O) groups excluding carboxylic acids is 2. The summed E-state index contributed by atoms with van der Waals surface area (Å²) in [5, 5.41) is 1.45. The van der Waals surface area contributed by atoms with Gasteiger partial charge in [-0.05, 0) is 63.2 Å². The van der Waals surface area contributed by atoms with Crippen LogP contribution in [0, 0.1) is 35.0 Å². The first-order chi connectivity index (χ1) is 9.95. The summed E-state index contributed by atoms with van der Waals surface area (Å²) in [7, 11) is 0. The van der Waals surface area contributed by atoms with Crippen molar-refractivity contribution in [3.63, 3.8) is 0 Å². The van der Waals surface area contributed by atoms with Crippen LogP contribution >= 0.6 is 0 Å². The van der Waals surface area contributed by atoms with Crippen molar-refractivity contribution in [2.75, 3.05) is 0 Å². The topological polar surface area (TPSA) is 46.6 Å². The zero-order valence-electron chi connectivity index (χ0n) is 13.2. The molecule has 0 aromatic rings. The number of hydrogen-bond donors (Lipinski definition) is 0. The molecule has 0 aromatic carbocycles. The molecule has 4 rings (SSSR count). The molecule has 0 aromatic heterocycles. The highest BCUT2D eigenvalue weighted by atomic mass is 16.7. The average Bonchev–Trinajstić information content (AvgIpc) is 3.13. The maximum absolute atomic E-state index is 12.4. The van der Waals surface area contributed by atoms with Gasteiger partial charge >= 0.3 is 5.97 Å². The van der Waals surface area contributed by atoms with Gasteiger partial charge in [0.15, 0.2) is 0 Å². The molecular formula is C17H25NO3. The third-order valence-corrected chi connectivity index (χ3v) is 6.93. The van der Waals surface area contributed by atoms with Gasteiger partial charge in [0, 0.05) is 0 Å². The Kier molecular flexibility index (Phi) is 2.74. The predicted molar refractivity (Wildman–Crippen MR) is 76.7 cm³/mol. The molecule has 1 amide bonds. The van der Waals surface area contributed by atoms with E-state index in [2.05, 4.69) is 0 Å². The van der Waals surface area contributed by atoms with Crippen molar-refractivity contribution in [3.05, 3.63) is 0 Å². The van der Waals surface area contributed by atoms with Crippen LogP contribution in [0.2, 0.25) is 0 Å². The lowest BCUT2D eigenvalue weighted by Crippen LogP contribution is -2.65. The summed E-state index contributed by atoms with van der Waals surface area (Å²) in [4.78, 5) is 30.2. The summed E-state index contributed by atoms with van der Waals surface area (Å²) < 4.78 is 0. The van der Waals surface area contributed by atoms with E-state index in [1.165, 1.54) is 30.7 Å². The molecule has 4 aliphatic rings. The second kappa shape index (κ2) is 4.23. The van der Waals surface area contributed by atoms with E-state index in [1.54, 1.807) is 0 Å². The highest BCUT2D eigenvalue weighted by molar-refractivity contribution is 5.88. The molecule has 3 aliphatic carbocycles. The monoisotopic (exact) mass is 291 g/mol. The Morgan fingerprint density at radius 2 is 1.90 bits per heavy atom. The SMILES string of the molecule is CCC(C)(C)C(=O)ON1C(=O)C2C3CC(C4CCCC43)C21. The first-order valence-corrected chi connectivity index (χ1v) is 8.51. The normalized spacial score (nSPS) is 43.6. The fourth-order valence-electron chi connectivity index (χ4n) is 5.39. The van der Waals surface area contributed by atoms with E-state index in [9.17, 15) is 9.59 Å². The molecule has 0 spiro atoms. The lowest BCUT2D eigenvalue weighted by Gasteiger charge is -2.50. The molecule has 3 saturated carbocycles. The van der Waals surface area contributed by atoms with Crippen LogP contribution in [0.4, 0.5) is 0 Å². The van der Waals surface area contributed by atoms with Crippen molar-refractivity contribution in [2.24, 2.45) is 35.0 Å². The molecular weight excluding hydrogens is 266 g/mol. The second-order valence-electron chi connectivity index (χ2n) is 8.12. The first kappa shape index (κ1) is 13.6. The van der Waals surface area contributed by atoms with Gasteiger partial charge in [0.05, 0.1) is 17.4 Å². The zero-order valence-corrected chi connectivity index (χ0v) is 13.2. The number of hydrogen-bond acceptors (Lipinski definition) is 3. The third kappa shape index (κ3) is 1.62. The van der Waals surface area contributed by atoms with E-state index < -0.39 is 5.41 Å². The van der Waals surface area contributed by atoms with Gasteiger partial charge in [-0.2, -0.15) is 5.06 Å². The van der Waals surface area contributed by atoms with Crippen LogP contribution in [-0.4, -0.2) is 23.0 Å². The van der Waals surface area contributed by atoms with Crippen molar-refractivity contribution in [1.29, 1.82) is 0 Å². The number of carbonyl (C=O) groups is 2. The molecule has 2 bridgehead atoms. The second-order valence-corrected chi connectivity index (χ2v) is 8.12. The van der Waals surface area contributed by atoms with E-state index in [0.717, 1.165) is 18.3 Å². The van der Waals surface area contributed by atoms with Crippen LogP contribution in [0.15, 0.2) is 0 Å². The first-order valence-electron chi connectivity index (χ1n) is 8.51. The summed E-state index contributed by atoms with van der Waals surface area (Å²) >= 11 is 0. The summed E-state index contributed by atoms with van der Waals surface area (Å²) in [5.74, 6) is 2.69. The Bertz CT molecular complexity index is 500. The number of nitrogens with zero attached hydrogens (tertiary/aromatic N) is 1. The van der Waals surface area contributed by atoms with Crippen LogP contribution < -0.4 is 0 Å². The standard InChI is InChI=1S/C17H25NO3/c1-4-17(2,3)16(20)21-18-14-12-8-11(13(14)15(18)19)9-6-5-7-10(9)12/h9-14H,4-8H2,1-3H3. The van der Waals surface area contributed by atoms with E-state index in [-0.39, 0.29) is 23.8 Å². The lowest BCUT2D eigenvalue weighted by molar-refractivity contribution is -0.254. The van der Waals surface area contributed by atoms with Crippen molar-refractivity contribution in [2.45, 2.75) is 58.9 Å². The zero-order chi connectivity index (χ0) is 14.9. The molecule has 1 heterocycles. The van der Waals surface area contributed by atoms with E-state index in [0.29, 0.717) is 11.8 Å². The summed E-state index contributed by atoms with van der Waals surface area (Å²) in [5.41, 5.74) is -0.515. The number of β-lactam (4-membered cyclic amide) rings is 1. The minimum absolute atomic E-state index is 0.0677. The van der Waals surface area contributed by atoms with E-state index >= 15 is 0 Å². The number of fused-ring (bicyclic) bond motifs is 8. The minimum Gasteiger partial charge on any atom is -0.337 e. The number of rotatable bonds is 3. The van der Waals surface area contributed by atoms with Crippen LogP contribution in [0.5, 0.6) is 0 Å². The molecule has 6 unspecified atom stereocenters. The van der Waals surface area contributed by atoms with Gasteiger partial charge in [0.25, 0.3) is 5.91 Å². The van der Waals surface area contributed by atoms with Gasteiger partial charge in [-0.25, -0.2) is 4.79 Å². The summed E-state index contributed by atoms with van der Waals surface area (Å²) in [6.07, 6.45) is 5.84. The van der Waals surface area contributed by atoms with Crippen molar-refractivity contribution in [1.82, 2.24) is 5.06 Å². The van der Waals surface area contributed by atoms with Gasteiger partial charge in [-0.15, -0.1) is 0 Å². The molecule has 4 nitrogen and oxygen atoms in total. The van der Waals surface area contributed by atoms with Crippen LogP contribution in [0.25, 0.3) is 0 Å². The molecule has 6 atom stereocenters. The van der Waals surface area contributed by atoms with Gasteiger partial charge < -0.3 is 4.84 Å². The molecule has 21 heavy (non-hydrogen) atoms. The highest BCUT2D eigenvalue weighted by Gasteiger charge is 2.70. The number of hydroxylamine groups is 2. The Morgan fingerprint density at radius 3 is 2.57 bits per heavy atom. The van der Waals surface area contributed by atoms with Gasteiger partial charge in [0.2, 0.25) is 0 Å². The van der Waals surface area contributed by atoms with Crippen LogP contribution in [0.3, 0.4) is 0 Å². The molecule has 4 heteroatoms. The molecule has 0 radical (unpaired) electrons. The fraction of sp³-hybridized carbons (Fsp3) is 0.882. The third-order valence-electron chi connectivity index (χ3n) is 6.93. The van der Waals surface area contributed by atoms with E-state index in [1.807, 2.05) is 20.8 Å². The maximum atomic E-state index is 12.4. The van der Waals surface area contributed by atoms with Crippen LogP contribution in [-0.2, 0) is 14.4 Å². The molecule has 4 fully saturated rings. The largest absolute Gasteiger partial charge is 0.338 e. The quantitative estimate of drug-likeness (QED) is 0.751. The Hall–Kier alpha value is -1.06. The molecule has 116 valence electrons. The van der Waals surface area contributed by atoms with Gasteiger partial charge in [-0.1, -0.05) is 13.3 Å². The molecule has 1 saturated heterocycles. The van der Waals surface area contributed by atoms with Crippen LogP contribution in [0.1, 0.15) is 52.9 Å². The number of amides is 1. The summed E-state index contributed by atoms with van der Waals surface area (Å²) in [6, 6.07) is 0.193. The predicted octanol–water partition coefficient (Wildman–Crippen LogP) is 2.77. The minimum atomic E-state index is -0.515. The summed E-state index contributed by atoms with van der Waals surface area (Å²) in [6.45, 7) is 5.73. The van der Waals surface area contributed by atoms with Crippen molar-refractivity contribution in [3.8, 4) is 0 Å². The highest BCUT2D eigenvalue weighted by Crippen LogP contribution is 2.65. The van der Waals surface area contributed by atoms with Gasteiger partial charge in [0.1, 0.15) is 0 Å². The Balaban J connectivity index is 1.50. The molecule has 0 N–H and O–H groups in total. The van der Waals surface area contributed by atoms with Gasteiger partial charge in [-0.3, -0.25) is 4.79 Å². The lowest BCUT2D eigenvalue weighted by atomic mass is 9.68. The Labute approximate surface area is 126 Å². The van der Waals surface area contributed by atoms with Crippen molar-refractivity contribution >= 4 is 11.9 Å². The Morgan fingerprint density at radius 1 is 1.24 bits per heavy atom. The van der Waals surface area contributed by atoms with E-state index in [4.69, 9.17) is 4.84 Å². The molecule has 1 aliphatic heterocycles. The van der Waals surface area contributed by atoms with Crippen molar-refractivity contribution < 1.29 is 14.4 Å². The maximum Gasteiger partial charge on any atom is 0.338 e. The fourth-order valence-corrected chi connectivity index (χ4v) is 5.39.